The van der Waals surface area contributed by atoms with Gasteiger partial charge in [0.05, 0.1) is 13.3 Å². The number of hydrogen-bond donors (Lipinski definition) is 0. The highest BCUT2D eigenvalue weighted by molar-refractivity contribution is 5.68. The Morgan fingerprint density at radius 1 is 0.833 bits per heavy atom. The summed E-state index contributed by atoms with van der Waals surface area (Å²) in [6, 6.07) is 0. The molecule has 0 radical (unpaired) electrons. The summed E-state index contributed by atoms with van der Waals surface area (Å²) in [6.45, 7) is 1.63. The smallest absolute Gasteiger partial charge is 0.305 e. The summed E-state index contributed by atoms with van der Waals surface area (Å²) >= 11 is 0. The Bertz CT molecular complexity index is 335. The Morgan fingerprint density at radius 3 is 1.79 bits per heavy atom. The van der Waals surface area contributed by atoms with Crippen molar-refractivity contribution in [3.05, 3.63) is 24.3 Å². The van der Waals surface area contributed by atoms with Crippen molar-refractivity contribution in [1.82, 2.24) is 0 Å². The van der Waals surface area contributed by atoms with E-state index in [0.717, 1.165) is 38.5 Å². The van der Waals surface area contributed by atoms with Crippen molar-refractivity contribution in [3.63, 3.8) is 0 Å². The van der Waals surface area contributed by atoms with E-state index in [-0.39, 0.29) is 5.97 Å². The van der Waals surface area contributed by atoms with Crippen molar-refractivity contribution < 1.29 is 13.9 Å². The second kappa shape index (κ2) is 18.2. The number of carbonyl (C=O) groups excluding carboxylic acids is 1. The molecule has 0 unspecified atom stereocenters. The molecular weight excluding hydrogens is 303 g/mol. The molecule has 0 N–H and O–H groups in total. The zero-order valence-corrected chi connectivity index (χ0v) is 15.8. The Labute approximate surface area is 148 Å². The largest absolute Gasteiger partial charge is 0.469 e. The maximum Gasteiger partial charge on any atom is 0.305 e. The van der Waals surface area contributed by atoms with Crippen LogP contribution >= 0.6 is 0 Å². The lowest BCUT2D eigenvalue weighted by Gasteiger charge is -1.99. The minimum absolute atomic E-state index is 0.118. The summed E-state index contributed by atoms with van der Waals surface area (Å²) in [5.74, 6) is -0.118. The van der Waals surface area contributed by atoms with Crippen LogP contribution in [0.25, 0.3) is 0 Å². The molecule has 0 heterocycles. The fourth-order valence-corrected chi connectivity index (χ4v) is 2.51. The van der Waals surface area contributed by atoms with Crippen LogP contribution in [0, 0.1) is 0 Å². The first-order valence-electron chi connectivity index (χ1n) is 9.67. The molecule has 0 aromatic heterocycles. The van der Waals surface area contributed by atoms with Crippen LogP contribution in [0.2, 0.25) is 0 Å². The molecule has 1 atom stereocenters. The molecule has 140 valence electrons. The van der Waals surface area contributed by atoms with Gasteiger partial charge in [-0.05, 0) is 64.7 Å². The van der Waals surface area contributed by atoms with Crippen LogP contribution in [0.1, 0.15) is 90.4 Å². The number of unbranched alkanes of at least 4 members (excludes halogenated alkanes) is 8. The number of rotatable bonds is 16. The molecule has 0 aromatic rings. The van der Waals surface area contributed by atoms with Crippen molar-refractivity contribution in [1.29, 1.82) is 0 Å². The predicted octanol–water partition coefficient (Wildman–Crippen LogP) is 6.70. The van der Waals surface area contributed by atoms with Gasteiger partial charge in [0.25, 0.3) is 0 Å². The zero-order chi connectivity index (χ0) is 17.9. The fraction of sp³-hybridized carbons (Fsp3) is 0.762. The molecule has 0 aliphatic carbocycles. The van der Waals surface area contributed by atoms with Gasteiger partial charge in [0.2, 0.25) is 0 Å². The summed E-state index contributed by atoms with van der Waals surface area (Å²) < 4.78 is 17.2. The number of alkyl halides is 1. The molecule has 0 aliphatic heterocycles. The topological polar surface area (TPSA) is 26.3 Å². The van der Waals surface area contributed by atoms with E-state index < -0.39 is 6.17 Å². The van der Waals surface area contributed by atoms with E-state index in [2.05, 4.69) is 29.0 Å². The monoisotopic (exact) mass is 340 g/mol. The lowest BCUT2D eigenvalue weighted by Crippen LogP contribution is -1.98. The third-order valence-electron chi connectivity index (χ3n) is 4.03. The van der Waals surface area contributed by atoms with Crippen LogP contribution in [0.15, 0.2) is 24.3 Å². The van der Waals surface area contributed by atoms with Crippen LogP contribution in [0.4, 0.5) is 4.39 Å². The number of hydrogen-bond acceptors (Lipinski definition) is 2. The van der Waals surface area contributed by atoms with Gasteiger partial charge in [0, 0.05) is 6.42 Å². The second-order valence-corrected chi connectivity index (χ2v) is 6.47. The molecule has 0 bridgehead atoms. The van der Waals surface area contributed by atoms with E-state index in [4.69, 9.17) is 0 Å². The van der Waals surface area contributed by atoms with Crippen molar-refractivity contribution in [2.75, 3.05) is 7.11 Å². The van der Waals surface area contributed by atoms with Gasteiger partial charge in [-0.1, -0.05) is 43.6 Å². The fourth-order valence-electron chi connectivity index (χ4n) is 2.51. The number of halogens is 1. The highest BCUT2D eigenvalue weighted by Gasteiger charge is 1.97. The molecule has 3 heteroatoms. The molecule has 0 saturated carbocycles. The second-order valence-electron chi connectivity index (χ2n) is 6.47. The zero-order valence-electron chi connectivity index (χ0n) is 15.8. The van der Waals surface area contributed by atoms with Crippen molar-refractivity contribution in [3.8, 4) is 0 Å². The van der Waals surface area contributed by atoms with Gasteiger partial charge in [-0.2, -0.15) is 0 Å². The first kappa shape index (κ1) is 22.9. The molecule has 0 aromatic carbocycles. The van der Waals surface area contributed by atoms with E-state index in [1.165, 1.54) is 39.2 Å². The summed E-state index contributed by atoms with van der Waals surface area (Å²) in [5, 5.41) is 0. The Kier molecular flexibility index (Phi) is 17.4. The molecule has 0 spiro atoms. The van der Waals surface area contributed by atoms with E-state index >= 15 is 0 Å². The van der Waals surface area contributed by atoms with E-state index in [0.29, 0.717) is 12.8 Å². The standard InChI is InChI=1S/C21H37FO2/c1-20(22)18-16-14-12-10-8-6-4-3-5-7-9-11-13-15-17-19-21(23)24-2/h10-13,20H,3-9,14-19H2,1-2H3/b12-10-,13-11-/t20-/m1/s1. The third kappa shape index (κ3) is 18.9. The molecule has 2 nitrogen and oxygen atoms in total. The van der Waals surface area contributed by atoms with E-state index in [1.54, 1.807) is 6.92 Å². The minimum atomic E-state index is -0.659. The summed E-state index contributed by atoms with van der Waals surface area (Å²) in [6.07, 6.45) is 22.0. The number of carbonyl (C=O) groups is 1. The van der Waals surface area contributed by atoms with Gasteiger partial charge in [-0.25, -0.2) is 4.39 Å². The normalized spacial score (nSPS) is 13.0. The van der Waals surface area contributed by atoms with Crippen LogP contribution in [0.3, 0.4) is 0 Å². The summed E-state index contributed by atoms with van der Waals surface area (Å²) in [7, 11) is 1.43. The van der Waals surface area contributed by atoms with E-state index in [9.17, 15) is 9.18 Å². The Hall–Kier alpha value is -1.12. The average molecular weight is 341 g/mol. The van der Waals surface area contributed by atoms with Gasteiger partial charge >= 0.3 is 5.97 Å². The number of methoxy groups -OCH3 is 1. The van der Waals surface area contributed by atoms with Gasteiger partial charge < -0.3 is 4.74 Å². The maximum absolute atomic E-state index is 12.6. The van der Waals surface area contributed by atoms with Crippen molar-refractivity contribution in [2.45, 2.75) is 96.6 Å². The first-order valence-corrected chi connectivity index (χ1v) is 9.67. The van der Waals surface area contributed by atoms with Crippen LogP contribution < -0.4 is 0 Å². The average Bonchev–Trinajstić information content (AvgIpc) is 2.57. The van der Waals surface area contributed by atoms with E-state index in [1.807, 2.05) is 0 Å². The number of allylic oxidation sites excluding steroid dienone is 4. The molecule has 0 aliphatic rings. The number of ether oxygens (including phenoxy) is 1. The van der Waals surface area contributed by atoms with Gasteiger partial charge in [-0.15, -0.1) is 0 Å². The Morgan fingerprint density at radius 2 is 1.29 bits per heavy atom. The predicted molar refractivity (Wildman–Crippen MR) is 101 cm³/mol. The van der Waals surface area contributed by atoms with Gasteiger partial charge in [-0.3, -0.25) is 4.79 Å². The number of esters is 1. The molecule has 0 saturated heterocycles. The maximum atomic E-state index is 12.6. The van der Waals surface area contributed by atoms with Gasteiger partial charge in [0.15, 0.2) is 0 Å². The molecule has 0 amide bonds. The van der Waals surface area contributed by atoms with Crippen LogP contribution in [0.5, 0.6) is 0 Å². The van der Waals surface area contributed by atoms with Crippen LogP contribution in [-0.2, 0) is 9.53 Å². The van der Waals surface area contributed by atoms with Crippen molar-refractivity contribution in [2.24, 2.45) is 0 Å². The Balaban J connectivity index is 3.19. The van der Waals surface area contributed by atoms with Gasteiger partial charge in [0.1, 0.15) is 0 Å². The molecule has 24 heavy (non-hydrogen) atoms. The lowest BCUT2D eigenvalue weighted by atomic mass is 10.1. The quantitative estimate of drug-likeness (QED) is 0.177. The van der Waals surface area contributed by atoms with Crippen molar-refractivity contribution >= 4 is 5.97 Å². The highest BCUT2D eigenvalue weighted by atomic mass is 19.1. The SMILES string of the molecule is COC(=O)CCC/C=C\CCCCCCC/C=C\CCC[C@@H](C)F. The van der Waals surface area contributed by atoms with Crippen LogP contribution in [-0.4, -0.2) is 19.3 Å². The minimum Gasteiger partial charge on any atom is -0.469 e. The molecular formula is C21H37FO2. The lowest BCUT2D eigenvalue weighted by molar-refractivity contribution is -0.140. The summed E-state index contributed by atoms with van der Waals surface area (Å²) in [4.78, 5) is 10.9. The first-order chi connectivity index (χ1) is 11.7. The summed E-state index contributed by atoms with van der Waals surface area (Å²) in [5.41, 5.74) is 0. The highest BCUT2D eigenvalue weighted by Crippen LogP contribution is 2.09. The molecule has 0 rings (SSSR count). The third-order valence-corrected chi connectivity index (χ3v) is 4.03. The molecule has 0 fully saturated rings.